The molecular weight excluding hydrogens is 398 g/mol. The molecule has 0 bridgehead atoms. The van der Waals surface area contributed by atoms with Crippen LogP contribution in [0.4, 0.5) is 26.3 Å². The van der Waals surface area contributed by atoms with Gasteiger partial charge in [0.25, 0.3) is 0 Å². The van der Waals surface area contributed by atoms with Crippen LogP contribution in [-0.2, 0) is 4.79 Å². The summed E-state index contributed by atoms with van der Waals surface area (Å²) in [6.07, 6.45) is -10.4. The fraction of sp³-hybridized carbons (Fsp3) is 0.235. The Labute approximate surface area is 156 Å². The summed E-state index contributed by atoms with van der Waals surface area (Å²) in [4.78, 5) is 13.1. The third kappa shape index (κ3) is 4.76. The maximum absolute atomic E-state index is 13.5. The highest BCUT2D eigenvalue weighted by atomic mass is 32.1. The maximum Gasteiger partial charge on any atom is 0.402 e. The van der Waals surface area contributed by atoms with E-state index in [9.17, 15) is 31.1 Å². The molecule has 2 aromatic carbocycles. The number of hydrogen-bond donors (Lipinski definition) is 2. The molecule has 9 heteroatoms. The fourth-order valence-corrected chi connectivity index (χ4v) is 2.83. The molecule has 0 aliphatic carbocycles. The lowest BCUT2D eigenvalue weighted by Crippen LogP contribution is -2.38. The smallest absolute Gasteiger partial charge is 0.298 e. The first kappa shape index (κ1) is 20.7. The topological polar surface area (TPSA) is 17.1 Å². The van der Waals surface area contributed by atoms with Crippen molar-refractivity contribution in [2.24, 2.45) is 0 Å². The highest BCUT2D eigenvalue weighted by Gasteiger charge is 2.55. The van der Waals surface area contributed by atoms with Crippen LogP contribution < -0.4 is 0 Å². The normalized spacial score (nSPS) is 14.8. The zero-order valence-corrected chi connectivity index (χ0v) is 14.6. The Kier molecular flexibility index (Phi) is 6.02. The number of alkyl halides is 6. The van der Waals surface area contributed by atoms with E-state index in [4.69, 9.17) is 0 Å². The van der Waals surface area contributed by atoms with E-state index < -0.39 is 41.1 Å². The second-order valence-electron chi connectivity index (χ2n) is 5.53. The second-order valence-corrected chi connectivity index (χ2v) is 6.57. The van der Waals surface area contributed by atoms with Gasteiger partial charge >= 0.3 is 12.4 Å². The number of hydrogen-bond acceptors (Lipinski definition) is 3. The lowest BCUT2D eigenvalue weighted by atomic mass is 9.83. The molecule has 2 unspecified atom stereocenters. The molecule has 0 N–H and O–H groups in total. The minimum absolute atomic E-state index is 0.318. The average molecular weight is 410 g/mol. The SMILES string of the molecule is O=C(C(c1ccc(S)cc1)C(F)(F)F)C(c1ccc(S)cc1)C(F)(F)F. The van der Waals surface area contributed by atoms with Crippen molar-refractivity contribution in [2.45, 2.75) is 34.0 Å². The van der Waals surface area contributed by atoms with Gasteiger partial charge in [-0.05, 0) is 35.4 Å². The Hall–Kier alpha value is -1.61. The number of ketones is 1. The van der Waals surface area contributed by atoms with Gasteiger partial charge in [-0.25, -0.2) is 0 Å². The molecule has 0 amide bonds. The molecule has 0 aliphatic heterocycles. The van der Waals surface area contributed by atoms with Crippen LogP contribution in [0, 0.1) is 0 Å². The summed E-state index contributed by atoms with van der Waals surface area (Å²) in [5.41, 5.74) is -1.14. The van der Waals surface area contributed by atoms with Gasteiger partial charge in [0.1, 0.15) is 11.8 Å². The van der Waals surface area contributed by atoms with Gasteiger partial charge in [0, 0.05) is 9.79 Å². The molecule has 1 nitrogen and oxygen atoms in total. The molecular formula is C17H12F6OS2. The van der Waals surface area contributed by atoms with E-state index in [1.54, 1.807) is 0 Å². The average Bonchev–Trinajstić information content (AvgIpc) is 2.49. The first-order valence-corrected chi connectivity index (χ1v) is 8.05. The van der Waals surface area contributed by atoms with E-state index in [0.717, 1.165) is 24.3 Å². The Morgan fingerprint density at radius 2 is 0.923 bits per heavy atom. The summed E-state index contributed by atoms with van der Waals surface area (Å²) in [5.74, 6) is -7.79. The second kappa shape index (κ2) is 7.56. The van der Waals surface area contributed by atoms with Crippen molar-refractivity contribution < 1.29 is 31.1 Å². The molecule has 2 aromatic rings. The van der Waals surface area contributed by atoms with Crippen LogP contribution in [0.3, 0.4) is 0 Å². The van der Waals surface area contributed by atoms with Gasteiger partial charge < -0.3 is 0 Å². The molecule has 0 saturated heterocycles. The third-order valence-electron chi connectivity index (χ3n) is 3.68. The quantitative estimate of drug-likeness (QED) is 0.480. The van der Waals surface area contributed by atoms with Crippen molar-refractivity contribution >= 4 is 31.0 Å². The van der Waals surface area contributed by atoms with Gasteiger partial charge in [-0.2, -0.15) is 26.3 Å². The number of Topliss-reactive ketones (excluding diaryl/α,β-unsaturated/α-hetero) is 1. The van der Waals surface area contributed by atoms with E-state index in [2.05, 4.69) is 25.3 Å². The van der Waals surface area contributed by atoms with Gasteiger partial charge in [-0.1, -0.05) is 24.3 Å². The van der Waals surface area contributed by atoms with Gasteiger partial charge in [-0.3, -0.25) is 4.79 Å². The summed E-state index contributed by atoms with van der Waals surface area (Å²) in [5, 5.41) is 0. The highest BCUT2D eigenvalue weighted by Crippen LogP contribution is 2.44. The number of thiol groups is 2. The summed E-state index contributed by atoms with van der Waals surface area (Å²) in [6.45, 7) is 0. The van der Waals surface area contributed by atoms with Crippen LogP contribution in [0.25, 0.3) is 0 Å². The highest BCUT2D eigenvalue weighted by molar-refractivity contribution is 7.80. The maximum atomic E-state index is 13.5. The Morgan fingerprint density at radius 3 is 1.15 bits per heavy atom. The molecule has 0 spiro atoms. The van der Waals surface area contributed by atoms with Crippen molar-refractivity contribution in [3.63, 3.8) is 0 Å². The minimum atomic E-state index is -5.18. The fourth-order valence-electron chi connectivity index (χ4n) is 2.53. The predicted molar refractivity (Wildman–Crippen MR) is 90.0 cm³/mol. The van der Waals surface area contributed by atoms with Crippen LogP contribution in [0.5, 0.6) is 0 Å². The molecule has 140 valence electrons. The van der Waals surface area contributed by atoms with E-state index >= 15 is 0 Å². The number of rotatable bonds is 4. The molecule has 0 fully saturated rings. The molecule has 0 saturated carbocycles. The summed E-state index contributed by atoms with van der Waals surface area (Å²) in [7, 11) is 0. The van der Waals surface area contributed by atoms with Gasteiger partial charge in [0.15, 0.2) is 5.78 Å². The molecule has 2 atom stereocenters. The van der Waals surface area contributed by atoms with E-state index in [1.165, 1.54) is 24.3 Å². The van der Waals surface area contributed by atoms with Crippen molar-refractivity contribution in [3.05, 3.63) is 59.7 Å². The van der Waals surface area contributed by atoms with Crippen LogP contribution in [0.2, 0.25) is 0 Å². The van der Waals surface area contributed by atoms with Crippen molar-refractivity contribution in [2.75, 3.05) is 0 Å². The lowest BCUT2D eigenvalue weighted by molar-refractivity contribution is -0.183. The largest absolute Gasteiger partial charge is 0.402 e. The minimum Gasteiger partial charge on any atom is -0.298 e. The van der Waals surface area contributed by atoms with E-state index in [0.29, 0.717) is 9.79 Å². The van der Waals surface area contributed by atoms with E-state index in [1.807, 2.05) is 0 Å². The van der Waals surface area contributed by atoms with Crippen molar-refractivity contribution in [1.29, 1.82) is 0 Å². The van der Waals surface area contributed by atoms with Gasteiger partial charge in [0.2, 0.25) is 0 Å². The first-order chi connectivity index (χ1) is 11.9. The number of carbonyl (C=O) groups is 1. The van der Waals surface area contributed by atoms with Gasteiger partial charge in [-0.15, -0.1) is 25.3 Å². The van der Waals surface area contributed by atoms with Crippen LogP contribution in [0.1, 0.15) is 23.0 Å². The standard InChI is InChI=1S/C17H12F6OS2/c18-16(19,20)13(9-1-5-11(25)6-2-9)15(24)14(17(21,22)23)10-3-7-12(26)8-4-10/h1-8,13-14,25-26H. The van der Waals surface area contributed by atoms with Crippen LogP contribution in [-0.4, -0.2) is 18.1 Å². The van der Waals surface area contributed by atoms with Gasteiger partial charge in [0.05, 0.1) is 0 Å². The molecule has 0 heterocycles. The summed E-state index contributed by atoms with van der Waals surface area (Å²) >= 11 is 7.85. The number of halogens is 6. The Balaban J connectivity index is 2.55. The first-order valence-electron chi connectivity index (χ1n) is 7.16. The van der Waals surface area contributed by atoms with Crippen LogP contribution in [0.15, 0.2) is 58.3 Å². The monoisotopic (exact) mass is 410 g/mol. The lowest BCUT2D eigenvalue weighted by Gasteiger charge is -2.26. The third-order valence-corrected chi connectivity index (χ3v) is 4.27. The zero-order chi connectivity index (χ0) is 19.7. The predicted octanol–water partition coefficient (Wildman–Crippen LogP) is 5.83. The molecule has 0 aliphatic rings. The van der Waals surface area contributed by atoms with Crippen molar-refractivity contribution in [3.8, 4) is 0 Å². The molecule has 2 rings (SSSR count). The molecule has 0 aromatic heterocycles. The molecule has 0 radical (unpaired) electrons. The summed E-state index contributed by atoms with van der Waals surface area (Å²) < 4.78 is 80.8. The van der Waals surface area contributed by atoms with Crippen LogP contribution >= 0.6 is 25.3 Å². The zero-order valence-electron chi connectivity index (χ0n) is 12.8. The Bertz CT molecular complexity index is 700. The van der Waals surface area contributed by atoms with E-state index in [-0.39, 0.29) is 0 Å². The number of benzene rings is 2. The summed E-state index contributed by atoms with van der Waals surface area (Å²) in [6, 6.07) is 8.52. The Morgan fingerprint density at radius 1 is 0.654 bits per heavy atom. The van der Waals surface area contributed by atoms with Crippen molar-refractivity contribution in [1.82, 2.24) is 0 Å². The number of carbonyl (C=O) groups excluding carboxylic acids is 1. The molecule has 26 heavy (non-hydrogen) atoms.